The second-order valence-electron chi connectivity index (χ2n) is 5.44. The van der Waals surface area contributed by atoms with Gasteiger partial charge in [-0.05, 0) is 54.9 Å². The fraction of sp³-hybridized carbons (Fsp3) is 0.500. The van der Waals surface area contributed by atoms with E-state index < -0.39 is 0 Å². The van der Waals surface area contributed by atoms with Gasteiger partial charge in [-0.1, -0.05) is 12.1 Å². The molecule has 4 nitrogen and oxygen atoms in total. The molecule has 0 aliphatic carbocycles. The number of hydrogen-bond acceptors (Lipinski definition) is 3. The van der Waals surface area contributed by atoms with E-state index in [2.05, 4.69) is 40.0 Å². The van der Waals surface area contributed by atoms with Crippen LogP contribution in [0.15, 0.2) is 28.7 Å². The van der Waals surface area contributed by atoms with E-state index in [0.29, 0.717) is 19.5 Å². The molecule has 0 radical (unpaired) electrons. The summed E-state index contributed by atoms with van der Waals surface area (Å²) in [5.41, 5.74) is 6.57. The van der Waals surface area contributed by atoms with Gasteiger partial charge in [0.05, 0.1) is 11.2 Å². The molecule has 2 rings (SSSR count). The van der Waals surface area contributed by atoms with Crippen molar-refractivity contribution in [3.8, 4) is 0 Å². The van der Waals surface area contributed by atoms with E-state index in [9.17, 15) is 4.79 Å². The fourth-order valence-electron chi connectivity index (χ4n) is 2.60. The summed E-state index contributed by atoms with van der Waals surface area (Å²) < 4.78 is 1.000. The summed E-state index contributed by atoms with van der Waals surface area (Å²) in [6.07, 6.45) is 0.649. The van der Waals surface area contributed by atoms with Gasteiger partial charge in [0.25, 0.3) is 0 Å². The Bertz CT molecular complexity index is 476. The predicted octanol–water partition coefficient (Wildman–Crippen LogP) is 1.88. The maximum atomic E-state index is 12.1. The lowest BCUT2D eigenvalue weighted by Gasteiger charge is -2.49. The highest BCUT2D eigenvalue weighted by atomic mass is 79.9. The van der Waals surface area contributed by atoms with E-state index in [1.807, 2.05) is 24.3 Å². The largest absolute Gasteiger partial charge is 0.352 e. The van der Waals surface area contributed by atoms with Gasteiger partial charge in [0.1, 0.15) is 6.04 Å². The molecule has 0 saturated carbocycles. The highest BCUT2D eigenvalue weighted by molar-refractivity contribution is 9.10. The highest BCUT2D eigenvalue weighted by Gasteiger charge is 2.41. The lowest BCUT2D eigenvalue weighted by atomic mass is 9.93. The fourth-order valence-corrected chi connectivity index (χ4v) is 3.08. The van der Waals surface area contributed by atoms with Gasteiger partial charge in [-0.2, -0.15) is 0 Å². The molecule has 3 N–H and O–H groups in total. The SMILES string of the molecule is CC1(C)CNC(=O)C(CCN)N1c1ccccc1Br. The third-order valence-electron chi connectivity index (χ3n) is 3.51. The monoisotopic (exact) mass is 325 g/mol. The summed E-state index contributed by atoms with van der Waals surface area (Å²) in [6.45, 7) is 5.40. The zero-order valence-electron chi connectivity index (χ0n) is 11.3. The Hall–Kier alpha value is -1.07. The van der Waals surface area contributed by atoms with Crippen molar-refractivity contribution >= 4 is 27.5 Å². The first-order chi connectivity index (χ1) is 8.97. The normalized spacial score (nSPS) is 22.2. The molecule has 19 heavy (non-hydrogen) atoms. The van der Waals surface area contributed by atoms with Crippen LogP contribution in [0.2, 0.25) is 0 Å². The summed E-state index contributed by atoms with van der Waals surface area (Å²) >= 11 is 3.58. The standard InChI is InChI=1S/C14H20BrN3O/c1-14(2)9-17-13(19)12(7-8-16)18(14)11-6-4-3-5-10(11)15/h3-6,12H,7-9,16H2,1-2H3,(H,17,19). The van der Waals surface area contributed by atoms with Crippen molar-refractivity contribution in [2.75, 3.05) is 18.0 Å². The first-order valence-corrected chi connectivity index (χ1v) is 7.28. The van der Waals surface area contributed by atoms with Crippen LogP contribution in [0.3, 0.4) is 0 Å². The zero-order valence-corrected chi connectivity index (χ0v) is 12.9. The molecule has 1 amide bonds. The Labute approximate surface area is 122 Å². The van der Waals surface area contributed by atoms with Crippen molar-refractivity contribution in [2.24, 2.45) is 5.73 Å². The molecular weight excluding hydrogens is 306 g/mol. The van der Waals surface area contributed by atoms with Crippen LogP contribution in [-0.4, -0.2) is 30.6 Å². The lowest BCUT2D eigenvalue weighted by molar-refractivity contribution is -0.124. The maximum absolute atomic E-state index is 12.1. The first kappa shape index (κ1) is 14.3. The van der Waals surface area contributed by atoms with Gasteiger partial charge in [-0.25, -0.2) is 0 Å². The van der Waals surface area contributed by atoms with Crippen molar-refractivity contribution in [1.82, 2.24) is 5.32 Å². The second-order valence-corrected chi connectivity index (χ2v) is 6.30. The van der Waals surface area contributed by atoms with Crippen molar-refractivity contribution in [2.45, 2.75) is 31.8 Å². The second kappa shape index (κ2) is 5.51. The number of hydrogen-bond donors (Lipinski definition) is 2. The molecule has 1 fully saturated rings. The smallest absolute Gasteiger partial charge is 0.242 e. The van der Waals surface area contributed by atoms with E-state index >= 15 is 0 Å². The molecule has 1 heterocycles. The number of carbonyl (C=O) groups is 1. The topological polar surface area (TPSA) is 58.4 Å². The van der Waals surface area contributed by atoms with Gasteiger partial charge in [0.15, 0.2) is 0 Å². The van der Waals surface area contributed by atoms with Crippen molar-refractivity contribution < 1.29 is 4.79 Å². The molecule has 1 aromatic carbocycles. The van der Waals surface area contributed by atoms with Gasteiger partial charge in [-0.3, -0.25) is 4.79 Å². The van der Waals surface area contributed by atoms with Gasteiger partial charge >= 0.3 is 0 Å². The summed E-state index contributed by atoms with van der Waals surface area (Å²) in [5, 5.41) is 2.97. The minimum Gasteiger partial charge on any atom is -0.352 e. The molecule has 1 unspecified atom stereocenters. The van der Waals surface area contributed by atoms with Crippen LogP contribution in [0.1, 0.15) is 20.3 Å². The van der Waals surface area contributed by atoms with Crippen molar-refractivity contribution in [3.63, 3.8) is 0 Å². The summed E-state index contributed by atoms with van der Waals surface area (Å²) in [4.78, 5) is 14.3. The Kier molecular flexibility index (Phi) is 4.16. The van der Waals surface area contributed by atoms with Crippen LogP contribution in [-0.2, 0) is 4.79 Å². The molecule has 0 spiro atoms. The molecule has 1 aromatic rings. The Balaban J connectivity index is 2.46. The van der Waals surface area contributed by atoms with Crippen LogP contribution < -0.4 is 16.0 Å². The van der Waals surface area contributed by atoms with Crippen LogP contribution >= 0.6 is 15.9 Å². The van der Waals surface area contributed by atoms with Crippen LogP contribution in [0.4, 0.5) is 5.69 Å². The Morgan fingerprint density at radius 1 is 1.47 bits per heavy atom. The van der Waals surface area contributed by atoms with E-state index in [1.165, 1.54) is 0 Å². The average molecular weight is 326 g/mol. The van der Waals surface area contributed by atoms with Crippen molar-refractivity contribution in [1.29, 1.82) is 0 Å². The van der Waals surface area contributed by atoms with E-state index in [4.69, 9.17) is 5.73 Å². The molecule has 1 aliphatic heterocycles. The van der Waals surface area contributed by atoms with E-state index in [1.54, 1.807) is 0 Å². The number of anilines is 1. The van der Waals surface area contributed by atoms with Gasteiger partial charge in [0.2, 0.25) is 5.91 Å². The number of piperazine rings is 1. The number of nitrogens with two attached hydrogens (primary N) is 1. The van der Waals surface area contributed by atoms with Gasteiger partial charge < -0.3 is 16.0 Å². The molecule has 104 valence electrons. The van der Waals surface area contributed by atoms with Gasteiger partial charge in [-0.15, -0.1) is 0 Å². The molecule has 0 bridgehead atoms. The zero-order chi connectivity index (χ0) is 14.0. The molecule has 1 saturated heterocycles. The molecule has 1 aliphatic rings. The summed E-state index contributed by atoms with van der Waals surface area (Å²) in [5.74, 6) is 0.0560. The number of rotatable bonds is 3. The maximum Gasteiger partial charge on any atom is 0.242 e. The predicted molar refractivity (Wildman–Crippen MR) is 81.2 cm³/mol. The number of halogens is 1. The minimum atomic E-state index is -0.215. The number of benzene rings is 1. The van der Waals surface area contributed by atoms with Crippen molar-refractivity contribution in [3.05, 3.63) is 28.7 Å². The van der Waals surface area contributed by atoms with Crippen LogP contribution in [0.5, 0.6) is 0 Å². The molecule has 0 aromatic heterocycles. The van der Waals surface area contributed by atoms with Crippen LogP contribution in [0.25, 0.3) is 0 Å². The van der Waals surface area contributed by atoms with Gasteiger partial charge in [0, 0.05) is 11.0 Å². The number of para-hydroxylation sites is 1. The number of nitrogens with zero attached hydrogens (tertiary/aromatic N) is 1. The lowest BCUT2D eigenvalue weighted by Crippen LogP contribution is -2.66. The molecule has 1 atom stereocenters. The summed E-state index contributed by atoms with van der Waals surface area (Å²) in [7, 11) is 0. The highest BCUT2D eigenvalue weighted by Crippen LogP contribution is 2.35. The van der Waals surface area contributed by atoms with E-state index in [-0.39, 0.29) is 17.5 Å². The average Bonchev–Trinajstić information content (AvgIpc) is 2.36. The van der Waals surface area contributed by atoms with E-state index in [0.717, 1.165) is 10.2 Å². The number of carbonyl (C=O) groups excluding carboxylic acids is 1. The Morgan fingerprint density at radius 3 is 2.79 bits per heavy atom. The summed E-state index contributed by atoms with van der Waals surface area (Å²) in [6, 6.07) is 7.78. The number of amides is 1. The van der Waals surface area contributed by atoms with Crippen LogP contribution in [0, 0.1) is 0 Å². The third-order valence-corrected chi connectivity index (χ3v) is 4.18. The first-order valence-electron chi connectivity index (χ1n) is 6.49. The third kappa shape index (κ3) is 2.77. The Morgan fingerprint density at radius 2 is 2.16 bits per heavy atom. The number of nitrogens with one attached hydrogen (secondary N) is 1. The molecule has 5 heteroatoms. The minimum absolute atomic E-state index is 0.0560. The quantitative estimate of drug-likeness (QED) is 0.892. The molecular formula is C14H20BrN3O.